The Morgan fingerprint density at radius 1 is 0.887 bits per heavy atom. The van der Waals surface area contributed by atoms with Crippen molar-refractivity contribution in [1.82, 2.24) is 10.2 Å². The molecule has 1 aromatic carbocycles. The van der Waals surface area contributed by atoms with Crippen LogP contribution in [0.5, 0.6) is 0 Å². The molecule has 5 fully saturated rings. The van der Waals surface area contributed by atoms with Crippen molar-refractivity contribution in [3.8, 4) is 0 Å². The number of amides is 1. The van der Waals surface area contributed by atoms with Crippen molar-refractivity contribution < 1.29 is 23.1 Å². The second-order valence-electron chi connectivity index (χ2n) is 20.1. The Balaban J connectivity index is 1.19. The zero-order chi connectivity index (χ0) is 38.5. The van der Waals surface area contributed by atoms with Gasteiger partial charge in [0.2, 0.25) is 5.91 Å². The summed E-state index contributed by atoms with van der Waals surface area (Å²) in [5, 5.41) is 13.3. The van der Waals surface area contributed by atoms with Crippen LogP contribution < -0.4 is 5.32 Å². The molecule has 292 valence electrons. The predicted molar refractivity (Wildman–Crippen MR) is 213 cm³/mol. The second kappa shape index (κ2) is 13.1. The van der Waals surface area contributed by atoms with Crippen LogP contribution in [0, 0.1) is 57.2 Å². The Kier molecular flexibility index (Phi) is 9.57. The Bertz CT molecular complexity index is 1780. The van der Waals surface area contributed by atoms with Crippen LogP contribution in [0.2, 0.25) is 0 Å². The highest BCUT2D eigenvalue weighted by Crippen LogP contribution is 2.76. The molecule has 0 spiro atoms. The van der Waals surface area contributed by atoms with Gasteiger partial charge >= 0.3 is 5.97 Å². The third-order valence-electron chi connectivity index (χ3n) is 17.1. The minimum atomic E-state index is -3.04. The van der Waals surface area contributed by atoms with Crippen molar-refractivity contribution in [2.45, 2.75) is 125 Å². The van der Waals surface area contributed by atoms with Crippen LogP contribution in [0.4, 0.5) is 0 Å². The number of rotatable bonds is 7. The summed E-state index contributed by atoms with van der Waals surface area (Å²) < 4.78 is 24.6. The molecule has 8 heteroatoms. The fourth-order valence-electron chi connectivity index (χ4n) is 14.5. The van der Waals surface area contributed by atoms with E-state index in [1.54, 1.807) is 12.1 Å². The van der Waals surface area contributed by atoms with Crippen LogP contribution in [0.1, 0.15) is 129 Å². The molecule has 10 atom stereocenters. The van der Waals surface area contributed by atoms with Gasteiger partial charge in [0.15, 0.2) is 9.84 Å². The predicted octanol–water partition coefficient (Wildman–Crippen LogP) is 8.66. The van der Waals surface area contributed by atoms with Crippen molar-refractivity contribution in [2.24, 2.45) is 57.2 Å². The third-order valence-corrected chi connectivity index (χ3v) is 18.7. The molecule has 1 saturated heterocycles. The van der Waals surface area contributed by atoms with Gasteiger partial charge in [0.25, 0.3) is 0 Å². The largest absolute Gasteiger partial charge is 0.478 e. The number of benzene rings is 1. The van der Waals surface area contributed by atoms with E-state index in [0.717, 1.165) is 37.7 Å². The molecule has 53 heavy (non-hydrogen) atoms. The summed E-state index contributed by atoms with van der Waals surface area (Å²) in [7, 11) is -3.04. The Hall–Kier alpha value is -2.45. The molecule has 0 aromatic heterocycles. The Labute approximate surface area is 319 Å². The quantitative estimate of drug-likeness (QED) is 0.271. The zero-order valence-electron chi connectivity index (χ0n) is 33.8. The fourth-order valence-corrected chi connectivity index (χ4v) is 15.7. The lowest BCUT2D eigenvalue weighted by Crippen LogP contribution is -2.69. The number of hydrogen-bond donors (Lipinski definition) is 2. The number of nitrogens with zero attached hydrogens (tertiary/aromatic N) is 1. The first kappa shape index (κ1) is 38.8. The number of aromatic carboxylic acids is 1. The first-order valence-electron chi connectivity index (χ1n) is 20.7. The van der Waals surface area contributed by atoms with Gasteiger partial charge in [-0.3, -0.25) is 9.69 Å². The first-order chi connectivity index (χ1) is 24.7. The lowest BCUT2D eigenvalue weighted by atomic mass is 9.33. The van der Waals surface area contributed by atoms with Gasteiger partial charge in [-0.25, -0.2) is 13.2 Å². The van der Waals surface area contributed by atoms with Crippen molar-refractivity contribution in [3.05, 3.63) is 53.6 Å². The van der Waals surface area contributed by atoms with E-state index >= 15 is 0 Å². The van der Waals surface area contributed by atoms with Crippen molar-refractivity contribution in [2.75, 3.05) is 24.6 Å². The summed E-state index contributed by atoms with van der Waals surface area (Å²) in [6, 6.07) is 7.18. The fraction of sp³-hybridized carbons (Fsp3) is 0.733. The summed E-state index contributed by atoms with van der Waals surface area (Å²) in [5.74, 6) is 1.90. The highest BCUT2D eigenvalue weighted by molar-refractivity contribution is 7.91. The van der Waals surface area contributed by atoms with E-state index in [1.165, 1.54) is 36.8 Å². The molecule has 6 aliphatic rings. The highest BCUT2D eigenvalue weighted by atomic mass is 32.2. The van der Waals surface area contributed by atoms with E-state index in [0.29, 0.717) is 48.2 Å². The number of allylic oxidation sites excluding steroid dienone is 3. The van der Waals surface area contributed by atoms with E-state index in [-0.39, 0.29) is 56.6 Å². The average Bonchev–Trinajstić information content (AvgIpc) is 3.45. The van der Waals surface area contributed by atoms with Gasteiger partial charge in [0, 0.05) is 18.6 Å². The Morgan fingerprint density at radius 3 is 2.15 bits per heavy atom. The van der Waals surface area contributed by atoms with Crippen LogP contribution >= 0.6 is 0 Å². The molecule has 4 saturated carbocycles. The number of sulfone groups is 1. The van der Waals surface area contributed by atoms with E-state index in [4.69, 9.17) is 0 Å². The lowest BCUT2D eigenvalue weighted by molar-refractivity contribution is -0.219. The number of carbonyl (C=O) groups excluding carboxylic acids is 1. The minimum Gasteiger partial charge on any atom is -0.478 e. The molecular formula is C45H66N2O5S. The summed E-state index contributed by atoms with van der Waals surface area (Å²) in [6.45, 7) is 24.6. The number of nitrogens with one attached hydrogen (secondary N) is 1. The SMILES string of the molecule is C=C(C)[C@@H]1CC[C@]2(NC(=O)C(C(C)C)N3CCS(=O)(=O)CC3)CC[C@]3(C)[C@H](CCC4[C@@]5(C)CC=C(c6ccc(C(=O)O)cc6)C(C)(C)C5CC[C@]43C)C12. The van der Waals surface area contributed by atoms with E-state index in [9.17, 15) is 23.1 Å². The summed E-state index contributed by atoms with van der Waals surface area (Å²) in [5.41, 5.74) is 4.27. The number of carbonyl (C=O) groups is 2. The minimum absolute atomic E-state index is 0.0369. The highest BCUT2D eigenvalue weighted by Gasteiger charge is 2.70. The van der Waals surface area contributed by atoms with Gasteiger partial charge in [0.1, 0.15) is 0 Å². The standard InChI is InChI=1S/C45H66N2O5S/c1-28(2)32-16-21-45(46-39(48)38(29(3)4)47-24-26-53(51,52)27-25-47)23-22-43(8)34(37(32)45)14-15-36-42(7)19-17-33(30-10-12-31(13-11-30)40(49)50)41(5,6)35(42)18-20-44(36,43)9/h10-13,17,29,32,34-38H,1,14-16,18-27H2,2-9H3,(H,46,48)(H,49,50)/t32-,34+,35?,36?,37?,38?,42-,43+,44+,45-/m0/s1. The van der Waals surface area contributed by atoms with Crippen molar-refractivity contribution >= 4 is 27.3 Å². The van der Waals surface area contributed by atoms with Crippen LogP contribution in [-0.4, -0.2) is 66.5 Å². The van der Waals surface area contributed by atoms with Gasteiger partial charge in [-0.05, 0) is 145 Å². The van der Waals surface area contributed by atoms with Crippen LogP contribution in [-0.2, 0) is 14.6 Å². The van der Waals surface area contributed by atoms with Gasteiger partial charge in [-0.2, -0.15) is 0 Å². The van der Waals surface area contributed by atoms with Crippen molar-refractivity contribution in [1.29, 1.82) is 0 Å². The second-order valence-corrected chi connectivity index (χ2v) is 22.4. The maximum atomic E-state index is 14.5. The average molecular weight is 747 g/mol. The zero-order valence-corrected chi connectivity index (χ0v) is 34.6. The van der Waals surface area contributed by atoms with Gasteiger partial charge in [-0.15, -0.1) is 0 Å². The molecule has 1 heterocycles. The molecule has 7 rings (SSSR count). The third kappa shape index (κ3) is 5.92. The van der Waals surface area contributed by atoms with Crippen LogP contribution in [0.3, 0.4) is 0 Å². The summed E-state index contributed by atoms with van der Waals surface area (Å²) in [4.78, 5) is 28.3. The number of carboxylic acids is 1. The van der Waals surface area contributed by atoms with Crippen molar-refractivity contribution in [3.63, 3.8) is 0 Å². The number of fused-ring (bicyclic) bond motifs is 7. The molecule has 4 unspecified atom stereocenters. The van der Waals surface area contributed by atoms with E-state index in [2.05, 4.69) is 78.3 Å². The molecule has 0 radical (unpaired) electrons. The molecular weight excluding hydrogens is 681 g/mol. The summed E-state index contributed by atoms with van der Waals surface area (Å²) in [6.07, 6.45) is 12.5. The molecule has 1 aliphatic heterocycles. The van der Waals surface area contributed by atoms with Crippen LogP contribution in [0.25, 0.3) is 5.57 Å². The molecule has 0 bridgehead atoms. The monoisotopic (exact) mass is 746 g/mol. The maximum Gasteiger partial charge on any atom is 0.335 e. The van der Waals surface area contributed by atoms with E-state index < -0.39 is 15.8 Å². The summed E-state index contributed by atoms with van der Waals surface area (Å²) >= 11 is 0. The topological polar surface area (TPSA) is 104 Å². The normalized spacial score (nSPS) is 40.8. The maximum absolute atomic E-state index is 14.5. The molecule has 5 aliphatic carbocycles. The van der Waals surface area contributed by atoms with E-state index in [1.807, 2.05) is 12.1 Å². The lowest BCUT2D eigenvalue weighted by Gasteiger charge is -2.72. The number of hydrogen-bond acceptors (Lipinski definition) is 5. The van der Waals surface area contributed by atoms with Gasteiger partial charge in [0.05, 0.1) is 23.1 Å². The Morgan fingerprint density at radius 2 is 1.55 bits per heavy atom. The molecule has 1 aromatic rings. The molecule has 7 nitrogen and oxygen atoms in total. The molecule has 2 N–H and O–H groups in total. The van der Waals surface area contributed by atoms with Gasteiger partial charge < -0.3 is 10.4 Å². The first-order valence-corrected chi connectivity index (χ1v) is 22.5. The van der Waals surface area contributed by atoms with Gasteiger partial charge in [-0.1, -0.05) is 78.8 Å². The number of carboxylic acid groups (broad SMARTS) is 1. The smallest absolute Gasteiger partial charge is 0.335 e. The molecule has 1 amide bonds. The van der Waals surface area contributed by atoms with Crippen LogP contribution in [0.15, 0.2) is 42.5 Å².